The molecule has 0 unspecified atom stereocenters. The van der Waals surface area contributed by atoms with Crippen molar-refractivity contribution in [3.8, 4) is 39.7 Å². The number of nitrogens with one attached hydrogen (secondary N) is 4. The molecule has 0 bridgehead atoms. The second kappa shape index (κ2) is 19.8. The highest BCUT2D eigenvalue weighted by Crippen LogP contribution is 2.30. The van der Waals surface area contributed by atoms with Crippen LogP contribution in [0.4, 0.5) is 9.59 Å². The van der Waals surface area contributed by atoms with Crippen LogP contribution < -0.4 is 10.6 Å². The van der Waals surface area contributed by atoms with Gasteiger partial charge in [-0.25, -0.2) is 19.6 Å². The summed E-state index contributed by atoms with van der Waals surface area (Å²) >= 11 is 0. The minimum atomic E-state index is -0.910. The number of fused-ring (bicyclic) bond motifs is 1. The van der Waals surface area contributed by atoms with Crippen LogP contribution in [0.2, 0.25) is 0 Å². The number of hydrogen-bond acceptors (Lipinski definition) is 9. The van der Waals surface area contributed by atoms with Crippen LogP contribution >= 0.6 is 0 Å². The number of amides is 4. The number of carbonyl (C=O) groups excluding carboxylic acids is 4. The van der Waals surface area contributed by atoms with Crippen molar-refractivity contribution >= 4 is 34.8 Å². The lowest BCUT2D eigenvalue weighted by Gasteiger charge is -2.27. The quantitative estimate of drug-likeness (QED) is 0.0798. The Bertz CT molecular complexity index is 2470. The molecule has 6 aromatic rings. The fourth-order valence-corrected chi connectivity index (χ4v) is 6.76. The summed E-state index contributed by atoms with van der Waals surface area (Å²) in [7, 11) is 2.49. The summed E-state index contributed by atoms with van der Waals surface area (Å²) in [5.74, 6) is 0.121. The molecule has 0 radical (unpaired) electrons. The molecule has 0 spiro atoms. The van der Waals surface area contributed by atoms with E-state index in [9.17, 15) is 24.4 Å². The van der Waals surface area contributed by atoms with Crippen molar-refractivity contribution in [3.63, 3.8) is 0 Å². The standard InChI is InChI=1S/C45H47N9O6/c1-5-19-53(43(56)42(52-45(58)60-4)32-9-7-6-8-10-32)27-39-47-23-37(50-39)31-13-11-30(12-14-31)33-15-16-35-21-36(18-17-34(35)20-33)38-24-48-40(51-38)28-54(26-29(2)22-46)41(55)25-49-44(57)59-3/h6-18,20-21,23-24,29,42H,5,19,25-28H2,1-4H3,(H,47,50)(H,48,51)(H,49,57)(H,52,58)/t29-,42+/m0/s1. The third-order valence-electron chi connectivity index (χ3n) is 9.89. The van der Waals surface area contributed by atoms with Gasteiger partial charge in [-0.15, -0.1) is 0 Å². The first kappa shape index (κ1) is 42.1. The molecule has 0 aliphatic rings. The molecule has 4 amide bonds. The monoisotopic (exact) mass is 809 g/mol. The Morgan fingerprint density at radius 2 is 1.32 bits per heavy atom. The van der Waals surface area contributed by atoms with Gasteiger partial charge < -0.3 is 39.9 Å². The Labute approximate surface area is 347 Å². The molecule has 0 fully saturated rings. The molecule has 2 atom stereocenters. The highest BCUT2D eigenvalue weighted by Gasteiger charge is 2.28. The predicted molar refractivity (Wildman–Crippen MR) is 226 cm³/mol. The molecule has 2 heterocycles. The van der Waals surface area contributed by atoms with Gasteiger partial charge in [0.05, 0.1) is 63.1 Å². The van der Waals surface area contributed by atoms with Crippen LogP contribution in [0.3, 0.4) is 0 Å². The predicted octanol–water partition coefficient (Wildman–Crippen LogP) is 6.97. The largest absolute Gasteiger partial charge is 0.453 e. The molecule has 15 nitrogen and oxygen atoms in total. The zero-order valence-corrected chi connectivity index (χ0v) is 33.9. The number of aromatic amines is 2. The topological polar surface area (TPSA) is 198 Å². The summed E-state index contributed by atoms with van der Waals surface area (Å²) < 4.78 is 9.37. The Morgan fingerprint density at radius 1 is 0.750 bits per heavy atom. The van der Waals surface area contributed by atoms with Crippen LogP contribution in [0.25, 0.3) is 44.4 Å². The Hall–Kier alpha value is -7.47. The van der Waals surface area contributed by atoms with E-state index in [-0.39, 0.29) is 38.0 Å². The zero-order valence-electron chi connectivity index (χ0n) is 33.9. The maximum absolute atomic E-state index is 13.8. The summed E-state index contributed by atoms with van der Waals surface area (Å²) in [6.07, 6.45) is 2.78. The molecule has 0 aliphatic carbocycles. The van der Waals surface area contributed by atoms with Crippen molar-refractivity contribution in [1.29, 1.82) is 5.26 Å². The van der Waals surface area contributed by atoms with E-state index in [2.05, 4.69) is 83.8 Å². The fourth-order valence-electron chi connectivity index (χ4n) is 6.76. The molecule has 15 heteroatoms. The summed E-state index contributed by atoms with van der Waals surface area (Å²) in [4.78, 5) is 69.3. The first-order valence-electron chi connectivity index (χ1n) is 19.5. The van der Waals surface area contributed by atoms with E-state index in [4.69, 9.17) is 4.74 Å². The van der Waals surface area contributed by atoms with Gasteiger partial charge in [0.1, 0.15) is 24.2 Å². The van der Waals surface area contributed by atoms with Gasteiger partial charge in [-0.05, 0) is 58.5 Å². The molecule has 0 saturated carbocycles. The van der Waals surface area contributed by atoms with E-state index in [0.717, 1.165) is 50.8 Å². The van der Waals surface area contributed by atoms with Crippen molar-refractivity contribution in [2.24, 2.45) is 5.92 Å². The second-order valence-corrected chi connectivity index (χ2v) is 14.2. The van der Waals surface area contributed by atoms with Gasteiger partial charge in [0.2, 0.25) is 11.8 Å². The molecule has 6 rings (SSSR count). The lowest BCUT2D eigenvalue weighted by molar-refractivity contribution is -0.134. The van der Waals surface area contributed by atoms with Crippen molar-refractivity contribution in [2.45, 2.75) is 39.4 Å². The number of carbonyl (C=O) groups is 4. The van der Waals surface area contributed by atoms with Gasteiger partial charge in [0.25, 0.3) is 0 Å². The van der Waals surface area contributed by atoms with Crippen molar-refractivity contribution in [2.75, 3.05) is 33.9 Å². The lowest BCUT2D eigenvalue weighted by atomic mass is 9.98. The fraction of sp³-hybridized carbons (Fsp3) is 0.267. The van der Waals surface area contributed by atoms with E-state index in [1.54, 1.807) is 36.4 Å². The molecule has 0 aliphatic heterocycles. The first-order valence-corrected chi connectivity index (χ1v) is 19.5. The van der Waals surface area contributed by atoms with Gasteiger partial charge in [0, 0.05) is 18.7 Å². The van der Waals surface area contributed by atoms with Gasteiger partial charge in [-0.1, -0.05) is 85.8 Å². The third kappa shape index (κ3) is 10.5. The normalized spacial score (nSPS) is 11.8. The number of methoxy groups -OCH3 is 2. The average Bonchev–Trinajstić information content (AvgIpc) is 3.96. The van der Waals surface area contributed by atoms with Crippen molar-refractivity contribution in [3.05, 3.63) is 121 Å². The number of benzene rings is 4. The van der Waals surface area contributed by atoms with E-state index in [0.29, 0.717) is 23.8 Å². The van der Waals surface area contributed by atoms with E-state index >= 15 is 0 Å². The van der Waals surface area contributed by atoms with Crippen LogP contribution in [-0.4, -0.2) is 87.6 Å². The Morgan fingerprint density at radius 3 is 1.93 bits per heavy atom. The van der Waals surface area contributed by atoms with Crippen LogP contribution in [0.1, 0.15) is 43.5 Å². The number of H-pyrrole nitrogens is 2. The number of hydrogen-bond donors (Lipinski definition) is 4. The van der Waals surface area contributed by atoms with Crippen LogP contribution in [0.15, 0.2) is 103 Å². The van der Waals surface area contributed by atoms with Gasteiger partial charge in [-0.2, -0.15) is 5.26 Å². The number of rotatable bonds is 16. The molecule has 2 aromatic heterocycles. The number of ether oxygens (including phenoxy) is 2. The first-order chi connectivity index (χ1) is 29.1. The van der Waals surface area contributed by atoms with Crippen molar-refractivity contribution in [1.82, 2.24) is 40.4 Å². The molecule has 60 heavy (non-hydrogen) atoms. The van der Waals surface area contributed by atoms with Gasteiger partial charge in [0.15, 0.2) is 0 Å². The van der Waals surface area contributed by atoms with E-state index in [1.807, 2.05) is 43.3 Å². The molecular weight excluding hydrogens is 763 g/mol. The van der Waals surface area contributed by atoms with Crippen LogP contribution in [0, 0.1) is 17.2 Å². The van der Waals surface area contributed by atoms with Crippen LogP contribution in [0.5, 0.6) is 0 Å². The van der Waals surface area contributed by atoms with Gasteiger partial charge >= 0.3 is 12.2 Å². The molecule has 4 aromatic carbocycles. The highest BCUT2D eigenvalue weighted by atomic mass is 16.5. The second-order valence-electron chi connectivity index (χ2n) is 14.2. The summed E-state index contributed by atoms with van der Waals surface area (Å²) in [6.45, 7) is 4.47. The number of nitriles is 1. The minimum Gasteiger partial charge on any atom is -0.453 e. The number of imidazole rings is 2. The van der Waals surface area contributed by atoms with Gasteiger partial charge in [-0.3, -0.25) is 9.59 Å². The number of alkyl carbamates (subject to hydrolysis) is 2. The van der Waals surface area contributed by atoms with E-state index in [1.165, 1.54) is 19.1 Å². The maximum atomic E-state index is 13.8. The number of aromatic nitrogens is 4. The molecular formula is C45H47N9O6. The van der Waals surface area contributed by atoms with E-state index < -0.39 is 24.1 Å². The molecule has 0 saturated heterocycles. The highest BCUT2D eigenvalue weighted by molar-refractivity contribution is 5.91. The van der Waals surface area contributed by atoms with Crippen LogP contribution in [-0.2, 0) is 32.2 Å². The third-order valence-corrected chi connectivity index (χ3v) is 9.89. The number of nitrogens with zero attached hydrogens (tertiary/aromatic N) is 5. The van der Waals surface area contributed by atoms with Crippen molar-refractivity contribution < 1.29 is 28.7 Å². The Kier molecular flexibility index (Phi) is 13.9. The SMILES string of the molecule is CCCN(Cc1ncc(-c2ccc(-c3ccc4cc(-c5cnc(CN(C[C@@H](C)C#N)C(=O)CNC(=O)OC)[nH]5)ccc4c3)cc2)[nH]1)C(=O)[C@H](NC(=O)OC)c1ccccc1. The molecule has 308 valence electrons. The smallest absolute Gasteiger partial charge is 0.407 e. The summed E-state index contributed by atoms with van der Waals surface area (Å²) in [5.41, 5.74) is 6.20. The average molecular weight is 810 g/mol. The zero-order chi connectivity index (χ0) is 42.6. The lowest BCUT2D eigenvalue weighted by Crippen LogP contribution is -2.43. The summed E-state index contributed by atoms with van der Waals surface area (Å²) in [5, 5.41) is 16.5. The maximum Gasteiger partial charge on any atom is 0.407 e. The Balaban J connectivity index is 1.12. The minimum absolute atomic E-state index is 0.136. The summed E-state index contributed by atoms with van der Waals surface area (Å²) in [6, 6.07) is 30.9. The molecule has 4 N–H and O–H groups in total.